The molecular formula is C19H18F2N2O4. The monoisotopic (exact) mass is 376 g/mol. The van der Waals surface area contributed by atoms with Crippen LogP contribution in [-0.4, -0.2) is 30.9 Å². The van der Waals surface area contributed by atoms with E-state index in [1.165, 1.54) is 42.2 Å². The van der Waals surface area contributed by atoms with Crippen LogP contribution in [0.5, 0.6) is 0 Å². The van der Waals surface area contributed by atoms with Crippen molar-refractivity contribution in [2.75, 3.05) is 23.4 Å². The van der Waals surface area contributed by atoms with Crippen molar-refractivity contribution in [3.63, 3.8) is 0 Å². The molecule has 0 radical (unpaired) electrons. The third kappa shape index (κ3) is 5.34. The zero-order chi connectivity index (χ0) is 20.0. The molecule has 0 aliphatic heterocycles. The van der Waals surface area contributed by atoms with Gasteiger partial charge in [0.1, 0.15) is 6.54 Å². The molecule has 27 heavy (non-hydrogen) atoms. The van der Waals surface area contributed by atoms with Gasteiger partial charge in [0.25, 0.3) is 0 Å². The first-order valence-corrected chi connectivity index (χ1v) is 8.12. The molecule has 2 amide bonds. The standard InChI is InChI=1S/C19H18F2N2O4/c1-3-27-19(26)13-4-7-15(8-5-13)23(12(2)24)11-18(25)22-14-6-9-16(20)17(21)10-14/h4-10H,3,11H2,1-2H3,(H,22,25). The van der Waals surface area contributed by atoms with Crippen LogP contribution in [0.15, 0.2) is 42.5 Å². The number of carbonyl (C=O) groups is 3. The van der Waals surface area contributed by atoms with Crippen LogP contribution in [0.25, 0.3) is 0 Å². The summed E-state index contributed by atoms with van der Waals surface area (Å²) < 4.78 is 31.0. The minimum absolute atomic E-state index is 0.0695. The number of hydrogen-bond acceptors (Lipinski definition) is 4. The van der Waals surface area contributed by atoms with E-state index in [2.05, 4.69) is 5.32 Å². The van der Waals surface area contributed by atoms with Crippen LogP contribution in [0.4, 0.5) is 20.2 Å². The first-order chi connectivity index (χ1) is 12.8. The molecule has 0 bridgehead atoms. The van der Waals surface area contributed by atoms with Gasteiger partial charge in [-0.25, -0.2) is 13.6 Å². The molecule has 0 heterocycles. The van der Waals surface area contributed by atoms with E-state index in [0.717, 1.165) is 12.1 Å². The number of amides is 2. The Morgan fingerprint density at radius 3 is 2.26 bits per heavy atom. The third-order valence-electron chi connectivity index (χ3n) is 3.58. The summed E-state index contributed by atoms with van der Waals surface area (Å²) in [5.41, 5.74) is 0.784. The van der Waals surface area contributed by atoms with E-state index in [-0.39, 0.29) is 18.8 Å². The second-order valence-electron chi connectivity index (χ2n) is 5.55. The predicted molar refractivity (Wildman–Crippen MR) is 95.4 cm³/mol. The molecule has 0 saturated heterocycles. The smallest absolute Gasteiger partial charge is 0.338 e. The Kier molecular flexibility index (Phi) is 6.59. The van der Waals surface area contributed by atoms with Crippen molar-refractivity contribution >= 4 is 29.2 Å². The molecule has 1 N–H and O–H groups in total. The number of anilines is 2. The van der Waals surface area contributed by atoms with Crippen LogP contribution in [0.3, 0.4) is 0 Å². The Labute approximate surface area is 154 Å². The Morgan fingerprint density at radius 1 is 1.04 bits per heavy atom. The van der Waals surface area contributed by atoms with E-state index in [1.807, 2.05) is 0 Å². The average molecular weight is 376 g/mol. The maximum atomic E-state index is 13.2. The molecule has 0 unspecified atom stereocenters. The van der Waals surface area contributed by atoms with Crippen LogP contribution in [0, 0.1) is 11.6 Å². The molecule has 0 aliphatic carbocycles. The molecule has 0 aromatic heterocycles. The summed E-state index contributed by atoms with van der Waals surface area (Å²) in [5, 5.41) is 2.40. The van der Waals surface area contributed by atoms with E-state index < -0.39 is 29.4 Å². The van der Waals surface area contributed by atoms with E-state index in [9.17, 15) is 23.2 Å². The summed E-state index contributed by atoms with van der Waals surface area (Å²) in [6.45, 7) is 2.87. The summed E-state index contributed by atoms with van der Waals surface area (Å²) >= 11 is 0. The van der Waals surface area contributed by atoms with E-state index in [0.29, 0.717) is 11.3 Å². The summed E-state index contributed by atoms with van der Waals surface area (Å²) in [4.78, 5) is 36.9. The van der Waals surface area contributed by atoms with Gasteiger partial charge >= 0.3 is 5.97 Å². The van der Waals surface area contributed by atoms with Crippen LogP contribution in [0.1, 0.15) is 24.2 Å². The highest BCUT2D eigenvalue weighted by molar-refractivity contribution is 6.02. The van der Waals surface area contributed by atoms with Crippen LogP contribution >= 0.6 is 0 Å². The van der Waals surface area contributed by atoms with Gasteiger partial charge in [-0.3, -0.25) is 9.59 Å². The first-order valence-electron chi connectivity index (χ1n) is 8.12. The number of rotatable bonds is 6. The fourth-order valence-corrected chi connectivity index (χ4v) is 2.29. The van der Waals surface area contributed by atoms with Crippen LogP contribution < -0.4 is 10.2 Å². The first kappa shape index (κ1) is 20.0. The molecule has 2 rings (SSSR count). The third-order valence-corrected chi connectivity index (χ3v) is 3.58. The summed E-state index contributed by atoms with van der Waals surface area (Å²) in [6.07, 6.45) is 0. The van der Waals surface area contributed by atoms with Crippen molar-refractivity contribution < 1.29 is 27.9 Å². The number of hydrogen-bond donors (Lipinski definition) is 1. The normalized spacial score (nSPS) is 10.2. The molecule has 142 valence electrons. The van der Waals surface area contributed by atoms with E-state index in [4.69, 9.17) is 4.74 Å². The van der Waals surface area contributed by atoms with Crippen molar-refractivity contribution in [1.82, 2.24) is 0 Å². The second kappa shape index (κ2) is 8.88. The number of esters is 1. The van der Waals surface area contributed by atoms with Gasteiger partial charge in [0.15, 0.2) is 11.6 Å². The molecule has 0 spiro atoms. The van der Waals surface area contributed by atoms with Gasteiger partial charge in [-0.15, -0.1) is 0 Å². The van der Waals surface area contributed by atoms with Gasteiger partial charge in [0.05, 0.1) is 12.2 Å². The zero-order valence-electron chi connectivity index (χ0n) is 14.8. The van der Waals surface area contributed by atoms with Crippen molar-refractivity contribution in [3.05, 3.63) is 59.7 Å². The Bertz CT molecular complexity index is 853. The van der Waals surface area contributed by atoms with Crippen molar-refractivity contribution in [3.8, 4) is 0 Å². The lowest BCUT2D eigenvalue weighted by Crippen LogP contribution is -2.36. The molecule has 0 saturated carbocycles. The molecule has 2 aromatic carbocycles. The minimum Gasteiger partial charge on any atom is -0.462 e. The minimum atomic E-state index is -1.09. The Hall–Kier alpha value is -3.29. The Balaban J connectivity index is 2.10. The molecule has 0 fully saturated rings. The number of halogens is 2. The van der Waals surface area contributed by atoms with Crippen molar-refractivity contribution in [1.29, 1.82) is 0 Å². The largest absolute Gasteiger partial charge is 0.462 e. The van der Waals surface area contributed by atoms with Crippen LogP contribution in [-0.2, 0) is 14.3 Å². The number of benzene rings is 2. The molecular weight excluding hydrogens is 358 g/mol. The maximum Gasteiger partial charge on any atom is 0.338 e. The average Bonchev–Trinajstić information content (AvgIpc) is 2.63. The fourth-order valence-electron chi connectivity index (χ4n) is 2.29. The number of ether oxygens (including phenoxy) is 1. The lowest BCUT2D eigenvalue weighted by Gasteiger charge is -2.21. The van der Waals surface area contributed by atoms with E-state index in [1.54, 1.807) is 6.92 Å². The molecule has 8 heteroatoms. The fraction of sp³-hybridized carbons (Fsp3) is 0.211. The quantitative estimate of drug-likeness (QED) is 0.786. The molecule has 0 aliphatic rings. The summed E-state index contributed by atoms with van der Waals surface area (Å²) in [6, 6.07) is 8.94. The van der Waals surface area contributed by atoms with Crippen LogP contribution in [0.2, 0.25) is 0 Å². The maximum absolute atomic E-state index is 13.2. The summed E-state index contributed by atoms with van der Waals surface area (Å²) in [7, 11) is 0. The van der Waals surface area contributed by atoms with Crippen molar-refractivity contribution in [2.24, 2.45) is 0 Å². The van der Waals surface area contributed by atoms with Gasteiger partial charge in [-0.2, -0.15) is 0 Å². The number of nitrogens with zero attached hydrogens (tertiary/aromatic N) is 1. The van der Waals surface area contributed by atoms with Crippen molar-refractivity contribution in [2.45, 2.75) is 13.8 Å². The van der Waals surface area contributed by atoms with Gasteiger partial charge in [0, 0.05) is 24.4 Å². The van der Waals surface area contributed by atoms with Gasteiger partial charge in [-0.05, 0) is 43.3 Å². The topological polar surface area (TPSA) is 75.7 Å². The molecule has 2 aromatic rings. The van der Waals surface area contributed by atoms with Gasteiger partial charge < -0.3 is 15.0 Å². The SMILES string of the molecule is CCOC(=O)c1ccc(N(CC(=O)Nc2ccc(F)c(F)c2)C(C)=O)cc1. The Morgan fingerprint density at radius 2 is 1.70 bits per heavy atom. The molecule has 0 atom stereocenters. The summed E-state index contributed by atoms with van der Waals surface area (Å²) in [5.74, 6) is -3.61. The zero-order valence-corrected chi connectivity index (χ0v) is 14.8. The predicted octanol–water partition coefficient (Wildman–Crippen LogP) is 3.13. The highest BCUT2D eigenvalue weighted by Gasteiger charge is 2.17. The highest BCUT2D eigenvalue weighted by atomic mass is 19.2. The lowest BCUT2D eigenvalue weighted by molar-refractivity contribution is -0.120. The highest BCUT2D eigenvalue weighted by Crippen LogP contribution is 2.17. The molecule has 6 nitrogen and oxygen atoms in total. The lowest BCUT2D eigenvalue weighted by atomic mass is 10.2. The van der Waals surface area contributed by atoms with Gasteiger partial charge in [0.2, 0.25) is 11.8 Å². The van der Waals surface area contributed by atoms with Gasteiger partial charge in [-0.1, -0.05) is 0 Å². The number of nitrogens with one attached hydrogen (secondary N) is 1. The number of carbonyl (C=O) groups excluding carboxylic acids is 3. The second-order valence-corrected chi connectivity index (χ2v) is 5.55. The van der Waals surface area contributed by atoms with E-state index >= 15 is 0 Å².